The smallest absolute Gasteiger partial charge is 0.191 e. The van der Waals surface area contributed by atoms with Gasteiger partial charge in [-0.25, -0.2) is 4.99 Å². The summed E-state index contributed by atoms with van der Waals surface area (Å²) in [7, 11) is 1.56. The summed E-state index contributed by atoms with van der Waals surface area (Å²) in [5.74, 6) is 1.44. The van der Waals surface area contributed by atoms with Gasteiger partial charge in [-0.15, -0.1) is 24.0 Å². The monoisotopic (exact) mass is 546 g/mol. The predicted octanol–water partition coefficient (Wildman–Crippen LogP) is 3.36. The molecule has 1 aromatic carbocycles. The molecule has 0 radical (unpaired) electrons. The van der Waals surface area contributed by atoms with Crippen LogP contribution < -0.4 is 15.4 Å². The summed E-state index contributed by atoms with van der Waals surface area (Å²) >= 11 is 0. The van der Waals surface area contributed by atoms with Gasteiger partial charge in [-0.3, -0.25) is 4.90 Å². The van der Waals surface area contributed by atoms with Gasteiger partial charge in [-0.05, 0) is 25.8 Å². The number of morpholine rings is 1. The first kappa shape index (κ1) is 26.0. The quantitative estimate of drug-likeness (QED) is 0.264. The van der Waals surface area contributed by atoms with Crippen LogP contribution in [0.4, 0.5) is 0 Å². The summed E-state index contributed by atoms with van der Waals surface area (Å²) in [6.07, 6.45) is 6.46. The Hall–Kier alpha value is -1.26. The predicted molar refractivity (Wildman–Crippen MR) is 136 cm³/mol. The highest BCUT2D eigenvalue weighted by atomic mass is 127. The molecule has 1 heterocycles. The molecule has 3 rings (SSSR count). The number of rotatable bonds is 8. The molecule has 0 atom stereocenters. The van der Waals surface area contributed by atoms with Crippen molar-refractivity contribution in [1.29, 1.82) is 0 Å². The van der Waals surface area contributed by atoms with Gasteiger partial charge in [0.1, 0.15) is 0 Å². The Labute approximate surface area is 204 Å². The highest BCUT2D eigenvalue weighted by Gasteiger charge is 2.34. The van der Waals surface area contributed by atoms with E-state index in [0.29, 0.717) is 12.3 Å². The number of hydrogen-bond acceptors (Lipinski definition) is 5. The first-order chi connectivity index (χ1) is 14.7. The number of aliphatic imine (C=N–C) groups is 1. The van der Waals surface area contributed by atoms with Gasteiger partial charge in [-0.2, -0.15) is 0 Å². The molecule has 176 valence electrons. The maximum Gasteiger partial charge on any atom is 0.191 e. The number of phenolic OH excluding ortho intramolecular Hbond substituents is 1. The number of nitrogens with one attached hydrogen (secondary N) is 2. The Kier molecular flexibility index (Phi) is 11.2. The van der Waals surface area contributed by atoms with E-state index >= 15 is 0 Å². The second-order valence-electron chi connectivity index (χ2n) is 8.47. The third-order valence-corrected chi connectivity index (χ3v) is 6.26. The Bertz CT molecular complexity index is 689. The van der Waals surface area contributed by atoms with E-state index in [1.54, 1.807) is 13.2 Å². The van der Waals surface area contributed by atoms with Crippen molar-refractivity contribution in [2.45, 2.75) is 45.6 Å². The van der Waals surface area contributed by atoms with Crippen LogP contribution in [0.3, 0.4) is 0 Å². The summed E-state index contributed by atoms with van der Waals surface area (Å²) in [6, 6.07) is 5.51. The van der Waals surface area contributed by atoms with Crippen molar-refractivity contribution < 1.29 is 14.6 Å². The van der Waals surface area contributed by atoms with Gasteiger partial charge >= 0.3 is 0 Å². The van der Waals surface area contributed by atoms with Crippen molar-refractivity contribution in [2.75, 3.05) is 53.0 Å². The molecule has 1 aliphatic heterocycles. The Balaban J connectivity index is 0.00000341. The van der Waals surface area contributed by atoms with Crippen LogP contribution in [0.5, 0.6) is 11.5 Å². The number of phenols is 1. The summed E-state index contributed by atoms with van der Waals surface area (Å²) < 4.78 is 10.7. The van der Waals surface area contributed by atoms with E-state index in [2.05, 4.69) is 22.5 Å². The maximum atomic E-state index is 10.3. The second-order valence-corrected chi connectivity index (χ2v) is 8.47. The van der Waals surface area contributed by atoms with Crippen LogP contribution in [0, 0.1) is 5.41 Å². The van der Waals surface area contributed by atoms with Crippen molar-refractivity contribution in [1.82, 2.24) is 15.5 Å². The molecule has 1 aromatic rings. The molecule has 31 heavy (non-hydrogen) atoms. The van der Waals surface area contributed by atoms with Gasteiger partial charge in [0.25, 0.3) is 0 Å². The fourth-order valence-corrected chi connectivity index (χ4v) is 4.56. The van der Waals surface area contributed by atoms with Gasteiger partial charge in [0.15, 0.2) is 17.5 Å². The first-order valence-corrected chi connectivity index (χ1v) is 11.3. The van der Waals surface area contributed by atoms with Crippen molar-refractivity contribution in [3.63, 3.8) is 0 Å². The molecule has 1 saturated heterocycles. The highest BCUT2D eigenvalue weighted by molar-refractivity contribution is 14.0. The molecule has 2 aliphatic rings. The number of halogens is 1. The van der Waals surface area contributed by atoms with E-state index in [1.807, 2.05) is 12.1 Å². The molecule has 1 saturated carbocycles. The van der Waals surface area contributed by atoms with Crippen molar-refractivity contribution >= 4 is 29.9 Å². The van der Waals surface area contributed by atoms with E-state index in [0.717, 1.165) is 57.5 Å². The van der Waals surface area contributed by atoms with Crippen LogP contribution in [0.2, 0.25) is 0 Å². The largest absolute Gasteiger partial charge is 0.504 e. The lowest BCUT2D eigenvalue weighted by Gasteiger charge is -2.42. The zero-order chi connectivity index (χ0) is 21.2. The molecule has 7 nitrogen and oxygen atoms in total. The van der Waals surface area contributed by atoms with E-state index in [-0.39, 0.29) is 35.1 Å². The van der Waals surface area contributed by atoms with Gasteiger partial charge < -0.3 is 25.2 Å². The zero-order valence-electron chi connectivity index (χ0n) is 19.0. The molecule has 0 unspecified atom stereocenters. The number of ether oxygens (including phenoxy) is 2. The number of benzene rings is 1. The Morgan fingerprint density at radius 1 is 1.19 bits per heavy atom. The summed E-state index contributed by atoms with van der Waals surface area (Å²) in [5, 5.41) is 17.3. The van der Waals surface area contributed by atoms with Gasteiger partial charge in [0.2, 0.25) is 0 Å². The van der Waals surface area contributed by atoms with Crippen LogP contribution in [0.25, 0.3) is 0 Å². The molecule has 8 heteroatoms. The first-order valence-electron chi connectivity index (χ1n) is 11.3. The minimum atomic E-state index is 0. The molecular formula is C23H39IN4O3. The van der Waals surface area contributed by atoms with E-state index in [9.17, 15) is 5.11 Å². The summed E-state index contributed by atoms with van der Waals surface area (Å²) in [4.78, 5) is 7.29. The Morgan fingerprint density at radius 3 is 2.61 bits per heavy atom. The third kappa shape index (κ3) is 7.68. The van der Waals surface area contributed by atoms with E-state index < -0.39 is 0 Å². The number of para-hydroxylation sites is 1. The van der Waals surface area contributed by atoms with Gasteiger partial charge in [-0.1, -0.05) is 31.4 Å². The summed E-state index contributed by atoms with van der Waals surface area (Å²) in [5.41, 5.74) is 1.04. The standard InChI is InChI=1S/C23H38N4O3.HI/c1-3-24-22(25-16-19-8-7-9-20(29-2)21(19)28)26-17-23(10-5-4-6-11-23)18-27-12-14-30-15-13-27;/h7-9,28H,3-6,10-18H2,1-2H3,(H2,24,25,26);1H. The normalized spacial score (nSPS) is 19.4. The van der Waals surface area contributed by atoms with Crippen molar-refractivity contribution in [2.24, 2.45) is 10.4 Å². The summed E-state index contributed by atoms with van der Waals surface area (Å²) in [6.45, 7) is 9.07. The SMILES string of the molecule is CCNC(=NCc1cccc(OC)c1O)NCC1(CN2CCOCC2)CCCCC1.I. The second kappa shape index (κ2) is 13.3. The average Bonchev–Trinajstić information content (AvgIpc) is 2.78. The van der Waals surface area contributed by atoms with Crippen LogP contribution in [0.15, 0.2) is 23.2 Å². The number of aromatic hydroxyl groups is 1. The molecule has 1 aliphatic carbocycles. The highest BCUT2D eigenvalue weighted by Crippen LogP contribution is 2.37. The molecule has 0 spiro atoms. The molecule has 0 amide bonds. The van der Waals surface area contributed by atoms with Crippen molar-refractivity contribution in [3.8, 4) is 11.5 Å². The average molecular weight is 546 g/mol. The lowest BCUT2D eigenvalue weighted by Crippen LogP contribution is -2.51. The van der Waals surface area contributed by atoms with E-state index in [1.165, 1.54) is 32.1 Å². The number of nitrogens with zero attached hydrogens (tertiary/aromatic N) is 2. The fraction of sp³-hybridized carbons (Fsp3) is 0.696. The molecule has 0 aromatic heterocycles. The lowest BCUT2D eigenvalue weighted by atomic mass is 9.73. The minimum Gasteiger partial charge on any atom is -0.504 e. The zero-order valence-corrected chi connectivity index (χ0v) is 21.3. The molecule has 0 bridgehead atoms. The number of methoxy groups -OCH3 is 1. The van der Waals surface area contributed by atoms with Crippen LogP contribution in [-0.4, -0.2) is 69.0 Å². The van der Waals surface area contributed by atoms with Crippen LogP contribution >= 0.6 is 24.0 Å². The lowest BCUT2D eigenvalue weighted by molar-refractivity contribution is 0.00820. The van der Waals surface area contributed by atoms with Crippen LogP contribution in [-0.2, 0) is 11.3 Å². The number of guanidine groups is 1. The van der Waals surface area contributed by atoms with E-state index in [4.69, 9.17) is 14.5 Å². The third-order valence-electron chi connectivity index (χ3n) is 6.26. The van der Waals surface area contributed by atoms with Gasteiger partial charge in [0.05, 0.1) is 26.9 Å². The molecular weight excluding hydrogens is 507 g/mol. The number of hydrogen-bond donors (Lipinski definition) is 3. The minimum absolute atomic E-state index is 0. The van der Waals surface area contributed by atoms with Gasteiger partial charge in [0, 0.05) is 43.7 Å². The molecule has 2 fully saturated rings. The fourth-order valence-electron chi connectivity index (χ4n) is 4.56. The topological polar surface area (TPSA) is 78.4 Å². The van der Waals surface area contributed by atoms with Crippen LogP contribution in [0.1, 0.15) is 44.6 Å². The Morgan fingerprint density at radius 2 is 1.94 bits per heavy atom. The molecule has 3 N–H and O–H groups in total. The van der Waals surface area contributed by atoms with Crippen molar-refractivity contribution in [3.05, 3.63) is 23.8 Å². The maximum absolute atomic E-state index is 10.3.